The molecule has 0 saturated carbocycles. The van der Waals surface area contributed by atoms with E-state index in [4.69, 9.17) is 5.73 Å². The molecule has 2 aromatic carbocycles. The second-order valence-corrected chi connectivity index (χ2v) is 8.69. The number of aliphatic carboxylic acids is 1. The summed E-state index contributed by atoms with van der Waals surface area (Å²) in [7, 11) is 0. The Morgan fingerprint density at radius 1 is 0.868 bits per heavy atom. The number of carbonyl (C=O) groups is 4. The van der Waals surface area contributed by atoms with Crippen LogP contribution in [-0.4, -0.2) is 68.5 Å². The maximum absolute atomic E-state index is 13.0. The highest BCUT2D eigenvalue weighted by molar-refractivity contribution is 5.92. The standard InChI is InChI=1S/C26H30N6O6/c27-20(10-17-6-8-19(33)9-7-17)24(35)29-14-23(34)31-21(12-18-13-28-15-30-18)25(36)32-22(26(37)38)11-16-4-2-1-3-5-16/h1-9,13,15,20-22,33H,10-12,14,27H2,(H,28,30)(H,29,35)(H,31,34)(H,32,36)(H,37,38). The minimum absolute atomic E-state index is 0.0174. The van der Waals surface area contributed by atoms with Crippen molar-refractivity contribution in [2.24, 2.45) is 5.73 Å². The van der Waals surface area contributed by atoms with E-state index in [0.29, 0.717) is 5.69 Å². The van der Waals surface area contributed by atoms with Crippen molar-refractivity contribution in [3.05, 3.63) is 83.9 Å². The average molecular weight is 523 g/mol. The van der Waals surface area contributed by atoms with Crippen LogP contribution in [0.1, 0.15) is 16.8 Å². The highest BCUT2D eigenvalue weighted by Crippen LogP contribution is 2.11. The molecule has 0 saturated heterocycles. The number of carboxylic acids is 1. The predicted octanol–water partition coefficient (Wildman–Crippen LogP) is -0.359. The first-order valence-corrected chi connectivity index (χ1v) is 11.9. The molecule has 0 aliphatic rings. The number of hydrogen-bond donors (Lipinski definition) is 7. The van der Waals surface area contributed by atoms with E-state index < -0.39 is 48.4 Å². The molecule has 0 aliphatic carbocycles. The van der Waals surface area contributed by atoms with Crippen LogP contribution >= 0.6 is 0 Å². The Kier molecular flexibility index (Phi) is 9.94. The number of H-pyrrole nitrogens is 1. The number of phenolic OH excluding ortho intramolecular Hbond substituents is 1. The van der Waals surface area contributed by atoms with E-state index in [0.717, 1.165) is 11.1 Å². The number of nitrogens with one attached hydrogen (secondary N) is 4. The van der Waals surface area contributed by atoms with Crippen LogP contribution in [0, 0.1) is 0 Å². The van der Waals surface area contributed by atoms with Gasteiger partial charge < -0.3 is 36.9 Å². The first kappa shape index (κ1) is 27.9. The Morgan fingerprint density at radius 2 is 1.55 bits per heavy atom. The lowest BCUT2D eigenvalue weighted by Crippen LogP contribution is -2.55. The van der Waals surface area contributed by atoms with Gasteiger partial charge in [-0.3, -0.25) is 14.4 Å². The quantitative estimate of drug-likeness (QED) is 0.158. The van der Waals surface area contributed by atoms with Crippen molar-refractivity contribution in [3.63, 3.8) is 0 Å². The number of carbonyl (C=O) groups excluding carboxylic acids is 3. The zero-order valence-electron chi connectivity index (χ0n) is 20.5. The Labute approximate surface area is 218 Å². The smallest absolute Gasteiger partial charge is 0.326 e. The summed E-state index contributed by atoms with van der Waals surface area (Å²) in [6.45, 7) is -0.443. The van der Waals surface area contributed by atoms with Crippen LogP contribution in [0.15, 0.2) is 67.1 Å². The lowest BCUT2D eigenvalue weighted by Gasteiger charge is -2.21. The third kappa shape index (κ3) is 8.75. The van der Waals surface area contributed by atoms with Gasteiger partial charge in [-0.25, -0.2) is 9.78 Å². The van der Waals surface area contributed by atoms with Gasteiger partial charge in [-0.05, 0) is 29.7 Å². The molecule has 0 radical (unpaired) electrons. The number of aromatic hydroxyl groups is 1. The molecular weight excluding hydrogens is 492 g/mol. The Hall–Kier alpha value is -4.71. The van der Waals surface area contributed by atoms with Crippen molar-refractivity contribution in [1.82, 2.24) is 25.9 Å². The van der Waals surface area contributed by atoms with Crippen molar-refractivity contribution in [1.29, 1.82) is 0 Å². The molecule has 0 bridgehead atoms. The third-order valence-electron chi connectivity index (χ3n) is 5.68. The van der Waals surface area contributed by atoms with E-state index in [1.807, 2.05) is 0 Å². The fourth-order valence-electron chi connectivity index (χ4n) is 3.67. The molecule has 0 fully saturated rings. The largest absolute Gasteiger partial charge is 0.508 e. The van der Waals surface area contributed by atoms with E-state index in [1.54, 1.807) is 42.5 Å². The molecule has 1 aromatic heterocycles. The van der Waals surface area contributed by atoms with E-state index in [2.05, 4.69) is 25.9 Å². The summed E-state index contributed by atoms with van der Waals surface area (Å²) in [5.74, 6) is -3.07. The predicted molar refractivity (Wildman–Crippen MR) is 137 cm³/mol. The van der Waals surface area contributed by atoms with Gasteiger partial charge in [0.05, 0.1) is 18.9 Å². The molecule has 38 heavy (non-hydrogen) atoms. The second-order valence-electron chi connectivity index (χ2n) is 8.69. The molecule has 12 nitrogen and oxygen atoms in total. The summed E-state index contributed by atoms with van der Waals surface area (Å²) < 4.78 is 0. The topological polar surface area (TPSA) is 200 Å². The molecule has 8 N–H and O–H groups in total. The van der Waals surface area contributed by atoms with Gasteiger partial charge in [0.25, 0.3) is 0 Å². The van der Waals surface area contributed by atoms with Gasteiger partial charge in [-0.2, -0.15) is 0 Å². The fourth-order valence-corrected chi connectivity index (χ4v) is 3.67. The van der Waals surface area contributed by atoms with E-state index in [9.17, 15) is 29.4 Å². The Bertz CT molecular complexity index is 1220. The number of carboxylic acid groups (broad SMARTS) is 1. The van der Waals surface area contributed by atoms with Gasteiger partial charge in [-0.1, -0.05) is 42.5 Å². The summed E-state index contributed by atoms with van der Waals surface area (Å²) in [5, 5.41) is 26.5. The highest BCUT2D eigenvalue weighted by atomic mass is 16.4. The molecule has 1 heterocycles. The monoisotopic (exact) mass is 522 g/mol. The van der Waals surface area contributed by atoms with Gasteiger partial charge in [0.2, 0.25) is 17.7 Å². The minimum atomic E-state index is -1.22. The van der Waals surface area contributed by atoms with E-state index in [1.165, 1.54) is 24.7 Å². The van der Waals surface area contributed by atoms with Crippen molar-refractivity contribution in [2.45, 2.75) is 37.4 Å². The lowest BCUT2D eigenvalue weighted by molar-refractivity contribution is -0.142. The molecule has 3 unspecified atom stereocenters. The minimum Gasteiger partial charge on any atom is -0.508 e. The molecule has 200 valence electrons. The SMILES string of the molecule is NC(Cc1ccc(O)cc1)C(=O)NCC(=O)NC(Cc1cnc[nH]1)C(=O)NC(Cc1ccccc1)C(=O)O. The zero-order chi connectivity index (χ0) is 27.5. The molecule has 3 aromatic rings. The van der Waals surface area contributed by atoms with Crippen LogP contribution in [0.3, 0.4) is 0 Å². The molecule has 0 spiro atoms. The van der Waals surface area contributed by atoms with Gasteiger partial charge in [0.1, 0.15) is 17.8 Å². The summed E-state index contributed by atoms with van der Waals surface area (Å²) in [5.41, 5.74) is 7.92. The van der Waals surface area contributed by atoms with Gasteiger partial charge >= 0.3 is 5.97 Å². The van der Waals surface area contributed by atoms with Crippen LogP contribution < -0.4 is 21.7 Å². The average Bonchev–Trinajstić information content (AvgIpc) is 3.41. The van der Waals surface area contributed by atoms with Crippen molar-refractivity contribution in [2.75, 3.05) is 6.54 Å². The number of phenols is 1. The normalized spacial score (nSPS) is 13.1. The van der Waals surface area contributed by atoms with Crippen molar-refractivity contribution < 1.29 is 29.4 Å². The number of nitrogens with two attached hydrogens (primary N) is 1. The maximum Gasteiger partial charge on any atom is 0.326 e. The van der Waals surface area contributed by atoms with Crippen LogP contribution in [0.5, 0.6) is 5.75 Å². The summed E-state index contributed by atoms with van der Waals surface area (Å²) >= 11 is 0. The number of nitrogens with zero attached hydrogens (tertiary/aromatic N) is 1. The zero-order valence-corrected chi connectivity index (χ0v) is 20.5. The first-order chi connectivity index (χ1) is 18.2. The van der Waals surface area contributed by atoms with E-state index >= 15 is 0 Å². The van der Waals surface area contributed by atoms with Gasteiger partial charge in [-0.15, -0.1) is 0 Å². The van der Waals surface area contributed by atoms with Crippen molar-refractivity contribution in [3.8, 4) is 5.75 Å². The van der Waals surface area contributed by atoms with E-state index in [-0.39, 0.29) is 25.0 Å². The maximum atomic E-state index is 13.0. The summed E-state index contributed by atoms with van der Waals surface area (Å²) in [6, 6.07) is 11.8. The first-order valence-electron chi connectivity index (χ1n) is 11.9. The molecule has 3 amide bonds. The van der Waals surface area contributed by atoms with Crippen molar-refractivity contribution >= 4 is 23.7 Å². The number of hydrogen-bond acceptors (Lipinski definition) is 7. The summed E-state index contributed by atoms with van der Waals surface area (Å²) in [6.07, 6.45) is 3.16. The third-order valence-corrected chi connectivity index (χ3v) is 5.68. The molecule has 3 rings (SSSR count). The molecule has 0 aliphatic heterocycles. The number of benzene rings is 2. The molecule has 3 atom stereocenters. The number of rotatable bonds is 13. The van der Waals surface area contributed by atoms with Crippen LogP contribution in [0.25, 0.3) is 0 Å². The highest BCUT2D eigenvalue weighted by Gasteiger charge is 2.27. The number of imidazole rings is 1. The Balaban J connectivity index is 1.58. The van der Waals surface area contributed by atoms with Crippen LogP contribution in [-0.2, 0) is 38.4 Å². The number of aromatic nitrogens is 2. The fraction of sp³-hybridized carbons (Fsp3) is 0.269. The molecule has 12 heteroatoms. The lowest BCUT2D eigenvalue weighted by atomic mass is 10.0. The number of aromatic amines is 1. The number of amides is 3. The molecular formula is C26H30N6O6. The van der Waals surface area contributed by atoms with Gasteiger partial charge in [0, 0.05) is 24.7 Å². The van der Waals surface area contributed by atoms with Crippen LogP contribution in [0.4, 0.5) is 0 Å². The summed E-state index contributed by atoms with van der Waals surface area (Å²) in [4.78, 5) is 56.5. The second kappa shape index (κ2) is 13.6. The van der Waals surface area contributed by atoms with Gasteiger partial charge in [0.15, 0.2) is 0 Å². The Morgan fingerprint density at radius 3 is 2.18 bits per heavy atom. The van der Waals surface area contributed by atoms with Crippen LogP contribution in [0.2, 0.25) is 0 Å².